The van der Waals surface area contributed by atoms with E-state index in [0.717, 1.165) is 27.1 Å². The Morgan fingerprint density at radius 2 is 1.83 bits per heavy atom. The molecule has 6 nitrogen and oxygen atoms in total. The predicted octanol–water partition coefficient (Wildman–Crippen LogP) is 5.41. The van der Waals surface area contributed by atoms with Crippen LogP contribution in [0.5, 0.6) is 5.75 Å². The number of carbonyl (C=O) groups is 2. The summed E-state index contributed by atoms with van der Waals surface area (Å²) in [6.07, 6.45) is 0. The highest BCUT2D eigenvalue weighted by Crippen LogP contribution is 2.30. The summed E-state index contributed by atoms with van der Waals surface area (Å²) in [6, 6.07) is 21.1. The molecule has 3 heterocycles. The Balaban J connectivity index is 1.35. The molecule has 0 radical (unpaired) electrons. The van der Waals surface area contributed by atoms with Crippen LogP contribution in [0.3, 0.4) is 0 Å². The van der Waals surface area contributed by atoms with Crippen molar-refractivity contribution in [2.24, 2.45) is 0 Å². The number of aromatic nitrogens is 1. The van der Waals surface area contributed by atoms with E-state index in [1.165, 1.54) is 0 Å². The summed E-state index contributed by atoms with van der Waals surface area (Å²) in [4.78, 5) is 31.6. The molecule has 0 bridgehead atoms. The van der Waals surface area contributed by atoms with Crippen molar-refractivity contribution in [2.45, 2.75) is 24.9 Å². The largest absolute Gasteiger partial charge is 0.496 e. The first-order chi connectivity index (χ1) is 17.5. The average molecular weight is 522 g/mol. The number of ether oxygens (including phenoxy) is 1. The van der Waals surface area contributed by atoms with E-state index >= 15 is 0 Å². The van der Waals surface area contributed by atoms with Gasteiger partial charge in [0, 0.05) is 36.6 Å². The SMILES string of the molecule is COc1ccccc1Cn1c(C(=O)N2CCN(C(=O)C(Cl)c3ccccc3)C(C)C2)cc2ccsc21. The van der Waals surface area contributed by atoms with Crippen LogP contribution in [0.15, 0.2) is 72.1 Å². The quantitative estimate of drug-likeness (QED) is 0.319. The van der Waals surface area contributed by atoms with Crippen molar-refractivity contribution in [3.63, 3.8) is 0 Å². The van der Waals surface area contributed by atoms with Gasteiger partial charge in [-0.3, -0.25) is 9.59 Å². The Morgan fingerprint density at radius 1 is 1.08 bits per heavy atom. The van der Waals surface area contributed by atoms with Gasteiger partial charge in [-0.05, 0) is 36.1 Å². The first-order valence-corrected chi connectivity index (χ1v) is 13.3. The molecule has 8 heteroatoms. The highest BCUT2D eigenvalue weighted by atomic mass is 35.5. The average Bonchev–Trinajstić information content (AvgIpc) is 3.51. The Hall–Kier alpha value is -3.29. The third kappa shape index (κ3) is 4.61. The van der Waals surface area contributed by atoms with Gasteiger partial charge in [-0.15, -0.1) is 22.9 Å². The summed E-state index contributed by atoms with van der Waals surface area (Å²) < 4.78 is 7.63. The van der Waals surface area contributed by atoms with E-state index in [4.69, 9.17) is 16.3 Å². The topological polar surface area (TPSA) is 54.8 Å². The molecule has 1 aliphatic heterocycles. The third-order valence-electron chi connectivity index (χ3n) is 6.75. The van der Waals surface area contributed by atoms with Crippen LogP contribution in [0.1, 0.15) is 33.9 Å². The van der Waals surface area contributed by atoms with E-state index in [0.29, 0.717) is 31.9 Å². The minimum Gasteiger partial charge on any atom is -0.496 e. The molecule has 2 unspecified atom stereocenters. The number of alkyl halides is 1. The lowest BCUT2D eigenvalue weighted by atomic mass is 10.1. The number of benzene rings is 2. The zero-order chi connectivity index (χ0) is 25.2. The second-order valence-electron chi connectivity index (χ2n) is 9.01. The highest BCUT2D eigenvalue weighted by Gasteiger charge is 2.34. The molecule has 2 aromatic carbocycles. The minimum absolute atomic E-state index is 0.0299. The lowest BCUT2D eigenvalue weighted by Crippen LogP contribution is -2.56. The number of halogens is 1. The Labute approximate surface area is 219 Å². The number of rotatable bonds is 6. The van der Waals surface area contributed by atoms with E-state index in [-0.39, 0.29) is 17.9 Å². The van der Waals surface area contributed by atoms with Gasteiger partial charge in [0.1, 0.15) is 21.7 Å². The number of hydrogen-bond acceptors (Lipinski definition) is 4. The number of para-hydroxylation sites is 1. The molecule has 2 atom stereocenters. The first-order valence-electron chi connectivity index (χ1n) is 12.0. The van der Waals surface area contributed by atoms with Gasteiger partial charge in [-0.25, -0.2) is 0 Å². The number of methoxy groups -OCH3 is 1. The molecule has 2 amide bonds. The van der Waals surface area contributed by atoms with Crippen LogP contribution in [-0.4, -0.2) is 59.0 Å². The zero-order valence-electron chi connectivity index (χ0n) is 20.3. The van der Waals surface area contributed by atoms with Crippen LogP contribution in [0.25, 0.3) is 10.2 Å². The Kier molecular flexibility index (Phi) is 7.03. The van der Waals surface area contributed by atoms with Crippen molar-refractivity contribution in [3.05, 3.63) is 88.9 Å². The maximum Gasteiger partial charge on any atom is 0.270 e. The molecule has 1 saturated heterocycles. The van der Waals surface area contributed by atoms with Crippen LogP contribution >= 0.6 is 22.9 Å². The first kappa shape index (κ1) is 24.4. The lowest BCUT2D eigenvalue weighted by molar-refractivity contribution is -0.135. The third-order valence-corrected chi connectivity index (χ3v) is 8.14. The van der Waals surface area contributed by atoms with Crippen LogP contribution in [-0.2, 0) is 11.3 Å². The molecule has 36 heavy (non-hydrogen) atoms. The van der Waals surface area contributed by atoms with Gasteiger partial charge < -0.3 is 19.1 Å². The van der Waals surface area contributed by atoms with Crippen LogP contribution in [0.2, 0.25) is 0 Å². The van der Waals surface area contributed by atoms with Crippen molar-refractivity contribution in [2.75, 3.05) is 26.7 Å². The van der Waals surface area contributed by atoms with Gasteiger partial charge in [0.25, 0.3) is 5.91 Å². The molecule has 1 aliphatic rings. The van der Waals surface area contributed by atoms with Crippen molar-refractivity contribution >= 4 is 45.0 Å². The van der Waals surface area contributed by atoms with E-state index in [1.807, 2.05) is 83.9 Å². The van der Waals surface area contributed by atoms with Gasteiger partial charge in [0.15, 0.2) is 0 Å². The maximum atomic E-state index is 13.8. The van der Waals surface area contributed by atoms with Gasteiger partial charge >= 0.3 is 0 Å². The molecule has 4 aromatic rings. The molecular weight excluding hydrogens is 494 g/mol. The number of hydrogen-bond donors (Lipinski definition) is 0. The summed E-state index contributed by atoms with van der Waals surface area (Å²) in [5.74, 6) is 0.643. The summed E-state index contributed by atoms with van der Waals surface area (Å²) >= 11 is 8.14. The fourth-order valence-electron chi connectivity index (χ4n) is 4.85. The van der Waals surface area contributed by atoms with E-state index < -0.39 is 5.38 Å². The number of fused-ring (bicyclic) bond motifs is 1. The van der Waals surface area contributed by atoms with Crippen molar-refractivity contribution in [3.8, 4) is 5.75 Å². The van der Waals surface area contributed by atoms with Gasteiger partial charge in [0.2, 0.25) is 5.91 Å². The smallest absolute Gasteiger partial charge is 0.270 e. The van der Waals surface area contributed by atoms with Crippen molar-refractivity contribution < 1.29 is 14.3 Å². The van der Waals surface area contributed by atoms with Gasteiger partial charge in [0.05, 0.1) is 13.7 Å². The molecule has 0 aliphatic carbocycles. The molecule has 2 aromatic heterocycles. The van der Waals surface area contributed by atoms with Gasteiger partial charge in [-0.2, -0.15) is 0 Å². The fourth-order valence-corrected chi connectivity index (χ4v) is 6.02. The molecule has 0 N–H and O–H groups in total. The van der Waals surface area contributed by atoms with Gasteiger partial charge in [-0.1, -0.05) is 48.5 Å². The number of carbonyl (C=O) groups excluding carboxylic acids is 2. The van der Waals surface area contributed by atoms with Crippen LogP contribution < -0.4 is 4.74 Å². The molecule has 1 fully saturated rings. The highest BCUT2D eigenvalue weighted by molar-refractivity contribution is 7.16. The normalized spacial score (nSPS) is 16.8. The second-order valence-corrected chi connectivity index (χ2v) is 10.3. The van der Waals surface area contributed by atoms with Crippen LogP contribution in [0.4, 0.5) is 0 Å². The van der Waals surface area contributed by atoms with E-state index in [9.17, 15) is 9.59 Å². The lowest BCUT2D eigenvalue weighted by Gasteiger charge is -2.40. The summed E-state index contributed by atoms with van der Waals surface area (Å²) in [5.41, 5.74) is 2.44. The van der Waals surface area contributed by atoms with Crippen molar-refractivity contribution in [1.29, 1.82) is 0 Å². The minimum atomic E-state index is -0.735. The van der Waals surface area contributed by atoms with Crippen LogP contribution in [0, 0.1) is 0 Å². The number of thiophene rings is 1. The number of nitrogens with zero attached hydrogens (tertiary/aromatic N) is 3. The zero-order valence-corrected chi connectivity index (χ0v) is 21.8. The Bertz CT molecular complexity index is 1380. The molecular formula is C28H28ClN3O3S. The standard InChI is InChI=1S/C28H28ClN3O3S/c1-19-17-30(13-14-31(19)27(34)25(29)20-8-4-3-5-9-20)26(33)23-16-21-12-15-36-28(21)32(23)18-22-10-6-7-11-24(22)35-2/h3-12,15-16,19,25H,13-14,17-18H2,1-2H3. The van der Waals surface area contributed by atoms with Crippen molar-refractivity contribution in [1.82, 2.24) is 14.4 Å². The maximum absolute atomic E-state index is 13.8. The molecule has 186 valence electrons. The van der Waals surface area contributed by atoms with E-state index in [1.54, 1.807) is 23.3 Å². The molecule has 0 spiro atoms. The summed E-state index contributed by atoms with van der Waals surface area (Å²) in [6.45, 7) is 3.87. The summed E-state index contributed by atoms with van der Waals surface area (Å²) in [7, 11) is 1.66. The molecule has 5 rings (SSSR count). The fraction of sp³-hybridized carbons (Fsp3) is 0.286. The monoisotopic (exact) mass is 521 g/mol. The second kappa shape index (κ2) is 10.4. The Morgan fingerprint density at radius 3 is 2.58 bits per heavy atom. The number of piperazine rings is 1. The summed E-state index contributed by atoms with van der Waals surface area (Å²) in [5, 5.41) is 2.35. The predicted molar refractivity (Wildman–Crippen MR) is 144 cm³/mol. The molecule has 0 saturated carbocycles. The number of amides is 2. The van der Waals surface area contributed by atoms with E-state index in [2.05, 4.69) is 4.57 Å².